The average molecular weight is 286 g/mol. The zero-order valence-electron chi connectivity index (χ0n) is 12.1. The Kier molecular flexibility index (Phi) is 4.71. The molecule has 1 aromatic heterocycles. The second kappa shape index (κ2) is 6.69. The van der Waals surface area contributed by atoms with E-state index in [4.69, 9.17) is 0 Å². The summed E-state index contributed by atoms with van der Waals surface area (Å²) in [4.78, 5) is 23.7. The number of nitrogens with one attached hydrogen (secondary N) is 3. The number of benzene rings is 1. The minimum absolute atomic E-state index is 0.0598. The van der Waals surface area contributed by atoms with Crippen LogP contribution in [0.4, 0.5) is 0 Å². The number of nitrogens with zero attached hydrogens (tertiary/aromatic N) is 1. The molecule has 0 bridgehead atoms. The number of rotatable bonds is 5. The molecule has 2 aromatic rings. The van der Waals surface area contributed by atoms with Gasteiger partial charge in [-0.3, -0.25) is 14.7 Å². The lowest BCUT2D eigenvalue weighted by Crippen LogP contribution is -2.36. The monoisotopic (exact) mass is 286 g/mol. The molecule has 6 heteroatoms. The molecule has 0 saturated heterocycles. The predicted molar refractivity (Wildman–Crippen MR) is 78.7 cm³/mol. The van der Waals surface area contributed by atoms with Crippen LogP contribution in [-0.4, -0.2) is 28.6 Å². The van der Waals surface area contributed by atoms with Crippen molar-refractivity contribution in [2.75, 3.05) is 6.54 Å². The Morgan fingerprint density at radius 1 is 1.14 bits per heavy atom. The van der Waals surface area contributed by atoms with Gasteiger partial charge in [0.1, 0.15) is 0 Å². The van der Waals surface area contributed by atoms with Gasteiger partial charge in [0.25, 0.3) is 5.91 Å². The van der Waals surface area contributed by atoms with E-state index in [1.807, 2.05) is 30.3 Å². The first kappa shape index (κ1) is 14.8. The fourth-order valence-electron chi connectivity index (χ4n) is 1.99. The molecule has 2 amide bonds. The van der Waals surface area contributed by atoms with Gasteiger partial charge in [-0.05, 0) is 19.4 Å². The van der Waals surface area contributed by atoms with Crippen LogP contribution in [0.2, 0.25) is 0 Å². The highest BCUT2D eigenvalue weighted by molar-refractivity contribution is 5.98. The summed E-state index contributed by atoms with van der Waals surface area (Å²) in [6, 6.07) is 9.59. The van der Waals surface area contributed by atoms with Gasteiger partial charge in [0.2, 0.25) is 5.91 Å². The molecule has 0 saturated carbocycles. The normalized spacial score (nSPS) is 10.2. The third-order valence-corrected chi connectivity index (χ3v) is 3.10. The van der Waals surface area contributed by atoms with Crippen LogP contribution < -0.4 is 10.6 Å². The van der Waals surface area contributed by atoms with Crippen LogP contribution in [0.3, 0.4) is 0 Å². The first-order chi connectivity index (χ1) is 10.1. The maximum Gasteiger partial charge on any atom is 0.255 e. The Morgan fingerprint density at radius 2 is 1.86 bits per heavy atom. The molecule has 1 heterocycles. The minimum atomic E-state index is -0.298. The van der Waals surface area contributed by atoms with Crippen LogP contribution in [0, 0.1) is 13.8 Å². The van der Waals surface area contributed by atoms with E-state index in [2.05, 4.69) is 20.8 Å². The second-order valence-corrected chi connectivity index (χ2v) is 4.75. The quantitative estimate of drug-likeness (QED) is 0.768. The molecule has 0 radical (unpaired) electrons. The van der Waals surface area contributed by atoms with E-state index in [0.717, 1.165) is 5.56 Å². The number of amides is 2. The van der Waals surface area contributed by atoms with Crippen LogP contribution in [0.15, 0.2) is 30.3 Å². The van der Waals surface area contributed by atoms with Gasteiger partial charge in [-0.15, -0.1) is 0 Å². The summed E-state index contributed by atoms with van der Waals surface area (Å²) < 4.78 is 0. The largest absolute Gasteiger partial charge is 0.350 e. The zero-order valence-corrected chi connectivity index (χ0v) is 12.1. The van der Waals surface area contributed by atoms with Crippen molar-refractivity contribution in [3.05, 3.63) is 52.8 Å². The molecule has 0 spiro atoms. The van der Waals surface area contributed by atoms with Gasteiger partial charge in [0.15, 0.2) is 0 Å². The Morgan fingerprint density at radius 3 is 2.48 bits per heavy atom. The fourth-order valence-corrected chi connectivity index (χ4v) is 1.99. The molecule has 110 valence electrons. The number of carbonyl (C=O) groups excluding carboxylic acids is 2. The van der Waals surface area contributed by atoms with Gasteiger partial charge >= 0.3 is 0 Å². The number of hydrogen-bond donors (Lipinski definition) is 3. The molecule has 0 aliphatic heterocycles. The maximum atomic E-state index is 12.0. The number of aryl methyl sites for hydroxylation is 2. The average Bonchev–Trinajstić information content (AvgIpc) is 2.83. The second-order valence-electron chi connectivity index (χ2n) is 4.75. The minimum Gasteiger partial charge on any atom is -0.350 e. The summed E-state index contributed by atoms with van der Waals surface area (Å²) in [6.07, 6.45) is 0. The van der Waals surface area contributed by atoms with E-state index in [-0.39, 0.29) is 18.4 Å². The Bertz CT molecular complexity index is 615. The molecule has 21 heavy (non-hydrogen) atoms. The van der Waals surface area contributed by atoms with Gasteiger partial charge in [0, 0.05) is 12.2 Å². The van der Waals surface area contributed by atoms with Crippen molar-refractivity contribution in [3.63, 3.8) is 0 Å². The molecule has 0 aliphatic rings. The lowest BCUT2D eigenvalue weighted by atomic mass is 10.2. The van der Waals surface area contributed by atoms with E-state index in [0.29, 0.717) is 23.5 Å². The first-order valence-corrected chi connectivity index (χ1v) is 6.68. The number of carbonyl (C=O) groups is 2. The van der Waals surface area contributed by atoms with Gasteiger partial charge in [-0.25, -0.2) is 0 Å². The van der Waals surface area contributed by atoms with E-state index in [1.165, 1.54) is 0 Å². The lowest BCUT2D eigenvalue weighted by Gasteiger charge is -2.07. The van der Waals surface area contributed by atoms with Gasteiger partial charge < -0.3 is 10.6 Å². The van der Waals surface area contributed by atoms with Crippen molar-refractivity contribution in [1.82, 2.24) is 20.8 Å². The molecule has 0 fully saturated rings. The lowest BCUT2D eigenvalue weighted by molar-refractivity contribution is -0.120. The van der Waals surface area contributed by atoms with Gasteiger partial charge in [0.05, 0.1) is 17.8 Å². The Balaban J connectivity index is 1.80. The highest BCUT2D eigenvalue weighted by Gasteiger charge is 2.15. The van der Waals surface area contributed by atoms with Crippen LogP contribution >= 0.6 is 0 Å². The Hall–Kier alpha value is -2.63. The van der Waals surface area contributed by atoms with Crippen molar-refractivity contribution in [1.29, 1.82) is 0 Å². The van der Waals surface area contributed by atoms with Gasteiger partial charge in [-0.2, -0.15) is 5.10 Å². The van der Waals surface area contributed by atoms with Crippen molar-refractivity contribution < 1.29 is 9.59 Å². The molecular weight excluding hydrogens is 268 g/mol. The third-order valence-electron chi connectivity index (χ3n) is 3.10. The van der Waals surface area contributed by atoms with Crippen LogP contribution in [0.25, 0.3) is 0 Å². The van der Waals surface area contributed by atoms with Crippen LogP contribution in [0.5, 0.6) is 0 Å². The fraction of sp³-hybridized carbons (Fsp3) is 0.267. The van der Waals surface area contributed by atoms with E-state index in [1.54, 1.807) is 13.8 Å². The highest BCUT2D eigenvalue weighted by atomic mass is 16.2. The van der Waals surface area contributed by atoms with Crippen LogP contribution in [0.1, 0.15) is 27.3 Å². The van der Waals surface area contributed by atoms with Crippen molar-refractivity contribution in [3.8, 4) is 0 Å². The highest BCUT2D eigenvalue weighted by Crippen LogP contribution is 2.08. The molecule has 2 rings (SSSR count). The Labute approximate surface area is 122 Å². The number of aromatic nitrogens is 2. The van der Waals surface area contributed by atoms with E-state index >= 15 is 0 Å². The third kappa shape index (κ3) is 3.92. The molecule has 3 N–H and O–H groups in total. The molecule has 0 aliphatic carbocycles. The first-order valence-electron chi connectivity index (χ1n) is 6.68. The summed E-state index contributed by atoms with van der Waals surface area (Å²) in [5.41, 5.74) is 2.81. The maximum absolute atomic E-state index is 12.0. The topological polar surface area (TPSA) is 86.9 Å². The van der Waals surface area contributed by atoms with Crippen molar-refractivity contribution in [2.24, 2.45) is 0 Å². The summed E-state index contributed by atoms with van der Waals surface area (Å²) in [6.45, 7) is 3.90. The van der Waals surface area contributed by atoms with E-state index < -0.39 is 0 Å². The number of H-pyrrole nitrogens is 1. The van der Waals surface area contributed by atoms with Gasteiger partial charge in [-0.1, -0.05) is 30.3 Å². The summed E-state index contributed by atoms with van der Waals surface area (Å²) >= 11 is 0. The summed E-state index contributed by atoms with van der Waals surface area (Å²) in [5.74, 6) is -0.528. The van der Waals surface area contributed by atoms with E-state index in [9.17, 15) is 9.59 Å². The zero-order chi connectivity index (χ0) is 15.2. The van der Waals surface area contributed by atoms with Crippen molar-refractivity contribution >= 4 is 11.8 Å². The standard InChI is InChI=1S/C15H18N4O2/c1-10-14(11(2)19-18-10)15(21)17-9-13(20)16-8-12-6-4-3-5-7-12/h3-7H,8-9H2,1-2H3,(H,16,20)(H,17,21)(H,18,19). The molecule has 1 aromatic carbocycles. The number of aromatic amines is 1. The summed E-state index contributed by atoms with van der Waals surface area (Å²) in [5, 5.41) is 12.0. The predicted octanol–water partition coefficient (Wildman–Crippen LogP) is 1.07. The smallest absolute Gasteiger partial charge is 0.255 e. The van der Waals surface area contributed by atoms with Crippen molar-refractivity contribution in [2.45, 2.75) is 20.4 Å². The molecule has 0 atom stereocenters. The molecule has 0 unspecified atom stereocenters. The number of hydrogen-bond acceptors (Lipinski definition) is 3. The summed E-state index contributed by atoms with van der Waals surface area (Å²) in [7, 11) is 0. The molecule has 6 nitrogen and oxygen atoms in total. The SMILES string of the molecule is Cc1n[nH]c(C)c1C(=O)NCC(=O)NCc1ccccc1. The molecular formula is C15H18N4O2. The van der Waals surface area contributed by atoms with Crippen LogP contribution in [-0.2, 0) is 11.3 Å².